The highest BCUT2D eigenvalue weighted by atomic mass is 35.5. The van der Waals surface area contributed by atoms with Gasteiger partial charge in [-0.05, 0) is 31.2 Å². The molecule has 0 aliphatic rings. The molecule has 0 saturated carbocycles. The van der Waals surface area contributed by atoms with Crippen LogP contribution in [0.4, 0.5) is 0 Å². The minimum atomic E-state index is -0.0332. The van der Waals surface area contributed by atoms with Gasteiger partial charge in [-0.15, -0.1) is 10.2 Å². The van der Waals surface area contributed by atoms with Crippen molar-refractivity contribution in [3.05, 3.63) is 59.1 Å². The molecule has 1 aromatic heterocycles. The zero-order chi connectivity index (χ0) is 18.5. The third-order valence-corrected chi connectivity index (χ3v) is 5.16. The van der Waals surface area contributed by atoms with Gasteiger partial charge in [0.25, 0.3) is 0 Å². The first kappa shape index (κ1) is 18.5. The van der Waals surface area contributed by atoms with E-state index in [0.717, 1.165) is 17.1 Å². The number of halogens is 1. The van der Waals surface area contributed by atoms with Gasteiger partial charge in [0.1, 0.15) is 5.75 Å². The predicted octanol–water partition coefficient (Wildman–Crippen LogP) is 4.60. The molecule has 0 saturated heterocycles. The Morgan fingerprint density at radius 2 is 2.00 bits per heavy atom. The molecular weight excluding hydrogens is 370 g/mol. The lowest BCUT2D eigenvalue weighted by Gasteiger charge is -2.08. The summed E-state index contributed by atoms with van der Waals surface area (Å²) in [4.78, 5) is 12.4. The van der Waals surface area contributed by atoms with Gasteiger partial charge in [0.15, 0.2) is 16.8 Å². The lowest BCUT2D eigenvalue weighted by atomic mass is 10.1. The predicted molar refractivity (Wildman–Crippen MR) is 104 cm³/mol. The fourth-order valence-electron chi connectivity index (χ4n) is 2.55. The number of hydrogen-bond acceptors (Lipinski definition) is 5. The molecular formula is C19H18ClN3O2S. The number of methoxy groups -OCH3 is 1. The molecule has 1 heterocycles. The van der Waals surface area contributed by atoms with Crippen LogP contribution in [0.2, 0.25) is 5.02 Å². The van der Waals surface area contributed by atoms with Crippen molar-refractivity contribution in [2.75, 3.05) is 12.9 Å². The van der Waals surface area contributed by atoms with Gasteiger partial charge in [0.05, 0.1) is 17.9 Å². The number of carbonyl (C=O) groups excluding carboxylic acids is 1. The molecule has 0 bridgehead atoms. The summed E-state index contributed by atoms with van der Waals surface area (Å²) in [6.45, 7) is 2.72. The van der Waals surface area contributed by atoms with Crippen LogP contribution in [0.5, 0.6) is 5.75 Å². The first-order chi connectivity index (χ1) is 12.6. The lowest BCUT2D eigenvalue weighted by molar-refractivity contribution is 0.102. The van der Waals surface area contributed by atoms with Crippen LogP contribution in [0.15, 0.2) is 53.7 Å². The van der Waals surface area contributed by atoms with E-state index in [2.05, 4.69) is 10.2 Å². The number of nitrogens with zero attached hydrogens (tertiary/aromatic N) is 3. The van der Waals surface area contributed by atoms with Gasteiger partial charge in [0, 0.05) is 17.7 Å². The zero-order valence-electron chi connectivity index (χ0n) is 14.5. The van der Waals surface area contributed by atoms with Crippen molar-refractivity contribution in [3.8, 4) is 17.1 Å². The normalized spacial score (nSPS) is 10.7. The largest absolute Gasteiger partial charge is 0.497 e. The van der Waals surface area contributed by atoms with Crippen LogP contribution in [-0.4, -0.2) is 33.4 Å². The van der Waals surface area contributed by atoms with Crippen molar-refractivity contribution in [2.45, 2.75) is 18.6 Å². The summed E-state index contributed by atoms with van der Waals surface area (Å²) in [7, 11) is 1.63. The Labute approximate surface area is 161 Å². The van der Waals surface area contributed by atoms with Crippen molar-refractivity contribution in [1.29, 1.82) is 0 Å². The monoisotopic (exact) mass is 387 g/mol. The van der Waals surface area contributed by atoms with Crippen LogP contribution in [0.3, 0.4) is 0 Å². The standard InChI is InChI=1S/C19H18ClN3O2S/c1-3-23-18(13-7-6-8-14(11-13)25-2)21-22-19(23)26-12-17(24)15-9-4-5-10-16(15)20/h4-11H,3,12H2,1-2H3. The molecule has 0 amide bonds. The third kappa shape index (κ3) is 3.92. The van der Waals surface area contributed by atoms with E-state index in [-0.39, 0.29) is 11.5 Å². The molecule has 7 heteroatoms. The Morgan fingerprint density at radius 3 is 2.73 bits per heavy atom. The molecule has 0 spiro atoms. The molecule has 0 radical (unpaired) electrons. The molecule has 0 aliphatic heterocycles. The number of Topliss-reactive ketones (excluding diaryl/α,β-unsaturated/α-hetero) is 1. The van der Waals surface area contributed by atoms with E-state index in [1.165, 1.54) is 11.8 Å². The molecule has 5 nitrogen and oxygen atoms in total. The maximum atomic E-state index is 12.4. The maximum Gasteiger partial charge on any atom is 0.191 e. The number of ether oxygens (including phenoxy) is 1. The summed E-state index contributed by atoms with van der Waals surface area (Å²) in [5.74, 6) is 1.73. The Kier molecular flexibility index (Phi) is 5.96. The van der Waals surface area contributed by atoms with E-state index < -0.39 is 0 Å². The third-order valence-electron chi connectivity index (χ3n) is 3.87. The SMILES string of the molecule is CCn1c(SCC(=O)c2ccccc2Cl)nnc1-c1cccc(OC)c1. The number of rotatable bonds is 7. The summed E-state index contributed by atoms with van der Waals surface area (Å²) in [5.41, 5.74) is 1.44. The van der Waals surface area contributed by atoms with Crippen LogP contribution >= 0.6 is 23.4 Å². The average molecular weight is 388 g/mol. The van der Waals surface area contributed by atoms with Crippen LogP contribution in [0.1, 0.15) is 17.3 Å². The first-order valence-electron chi connectivity index (χ1n) is 8.12. The summed E-state index contributed by atoms with van der Waals surface area (Å²) in [5, 5.41) is 9.72. The van der Waals surface area contributed by atoms with Gasteiger partial charge in [-0.25, -0.2) is 0 Å². The van der Waals surface area contributed by atoms with Crippen LogP contribution in [0, 0.1) is 0 Å². The van der Waals surface area contributed by atoms with E-state index in [1.54, 1.807) is 31.4 Å². The minimum absolute atomic E-state index is 0.0332. The second kappa shape index (κ2) is 8.38. The first-order valence-corrected chi connectivity index (χ1v) is 9.48. The zero-order valence-corrected chi connectivity index (χ0v) is 16.0. The Hall–Kier alpha value is -2.31. The number of carbonyl (C=O) groups is 1. The second-order valence-corrected chi connectivity index (χ2v) is 6.82. The highest BCUT2D eigenvalue weighted by Gasteiger charge is 2.16. The molecule has 0 aliphatic carbocycles. The van der Waals surface area contributed by atoms with Crippen molar-refractivity contribution in [3.63, 3.8) is 0 Å². The Bertz CT molecular complexity index is 927. The van der Waals surface area contributed by atoms with Gasteiger partial charge in [0.2, 0.25) is 0 Å². The van der Waals surface area contributed by atoms with Crippen LogP contribution in [-0.2, 0) is 6.54 Å². The number of aromatic nitrogens is 3. The smallest absolute Gasteiger partial charge is 0.191 e. The van der Waals surface area contributed by atoms with Gasteiger partial charge in [-0.1, -0.05) is 47.6 Å². The number of ketones is 1. The Balaban J connectivity index is 1.80. The molecule has 0 N–H and O–H groups in total. The van der Waals surface area contributed by atoms with E-state index in [0.29, 0.717) is 22.3 Å². The van der Waals surface area contributed by atoms with Crippen molar-refractivity contribution in [1.82, 2.24) is 14.8 Å². The molecule has 0 fully saturated rings. The number of thioether (sulfide) groups is 1. The second-order valence-electron chi connectivity index (χ2n) is 5.47. The molecule has 0 unspecified atom stereocenters. The lowest BCUT2D eigenvalue weighted by Crippen LogP contribution is -2.05. The van der Waals surface area contributed by atoms with Crippen LogP contribution in [0.25, 0.3) is 11.4 Å². The quantitative estimate of drug-likeness (QED) is 0.438. The van der Waals surface area contributed by atoms with Gasteiger partial charge in [-0.3, -0.25) is 4.79 Å². The van der Waals surface area contributed by atoms with Gasteiger partial charge in [-0.2, -0.15) is 0 Å². The fourth-order valence-corrected chi connectivity index (χ4v) is 3.68. The van der Waals surface area contributed by atoms with Crippen molar-refractivity contribution >= 4 is 29.1 Å². The van der Waals surface area contributed by atoms with Crippen molar-refractivity contribution < 1.29 is 9.53 Å². The number of hydrogen-bond donors (Lipinski definition) is 0. The molecule has 3 rings (SSSR count). The van der Waals surface area contributed by atoms with E-state index in [1.807, 2.05) is 35.8 Å². The highest BCUT2D eigenvalue weighted by Crippen LogP contribution is 2.27. The summed E-state index contributed by atoms with van der Waals surface area (Å²) < 4.78 is 7.26. The van der Waals surface area contributed by atoms with Gasteiger partial charge >= 0.3 is 0 Å². The molecule has 0 atom stereocenters. The van der Waals surface area contributed by atoms with Crippen molar-refractivity contribution in [2.24, 2.45) is 0 Å². The van der Waals surface area contributed by atoms with Gasteiger partial charge < -0.3 is 9.30 Å². The maximum absolute atomic E-state index is 12.4. The highest BCUT2D eigenvalue weighted by molar-refractivity contribution is 7.99. The fraction of sp³-hybridized carbons (Fsp3) is 0.211. The van der Waals surface area contributed by atoms with Crippen LogP contribution < -0.4 is 4.74 Å². The molecule has 3 aromatic rings. The van der Waals surface area contributed by atoms with E-state index in [9.17, 15) is 4.79 Å². The number of benzene rings is 2. The topological polar surface area (TPSA) is 57.0 Å². The summed E-state index contributed by atoms with van der Waals surface area (Å²) in [6.07, 6.45) is 0. The molecule has 26 heavy (non-hydrogen) atoms. The average Bonchev–Trinajstić information content (AvgIpc) is 3.09. The molecule has 2 aromatic carbocycles. The summed E-state index contributed by atoms with van der Waals surface area (Å²) >= 11 is 7.46. The van der Waals surface area contributed by atoms with E-state index in [4.69, 9.17) is 16.3 Å². The van der Waals surface area contributed by atoms with E-state index >= 15 is 0 Å². The minimum Gasteiger partial charge on any atom is -0.497 e. The summed E-state index contributed by atoms with van der Waals surface area (Å²) in [6, 6.07) is 14.7. The Morgan fingerprint density at radius 1 is 1.19 bits per heavy atom. The molecule has 134 valence electrons.